The van der Waals surface area contributed by atoms with Crippen LogP contribution in [0.2, 0.25) is 0 Å². The molecule has 106 valence electrons. The van der Waals surface area contributed by atoms with Gasteiger partial charge in [0.2, 0.25) is 0 Å². The molecule has 1 aromatic rings. The Kier molecular flexibility index (Phi) is 5.24. The minimum atomic E-state index is -0.641. The first-order valence-electron chi connectivity index (χ1n) is 6.81. The molecule has 0 radical (unpaired) electrons. The summed E-state index contributed by atoms with van der Waals surface area (Å²) in [5.74, 6) is 0.188. The fraction of sp³-hybridized carbons (Fsp3) is 0.643. The number of pyridine rings is 1. The summed E-state index contributed by atoms with van der Waals surface area (Å²) in [5, 5.41) is 18.9. The molecule has 19 heavy (non-hydrogen) atoms. The zero-order valence-electron chi connectivity index (χ0n) is 11.0. The van der Waals surface area contributed by atoms with Crippen molar-refractivity contribution >= 4 is 0 Å². The largest absolute Gasteiger partial charge is 0.396 e. The summed E-state index contributed by atoms with van der Waals surface area (Å²) in [4.78, 5) is 6.19. The predicted octanol–water partition coefficient (Wildman–Crippen LogP) is 1.35. The van der Waals surface area contributed by atoms with Gasteiger partial charge in [-0.3, -0.25) is 4.98 Å². The molecule has 1 aliphatic heterocycles. The van der Waals surface area contributed by atoms with Gasteiger partial charge in [-0.1, -0.05) is 0 Å². The number of aliphatic hydroxyl groups excluding tert-OH is 2. The number of hydrogen-bond donors (Lipinski definition) is 2. The molecule has 5 heteroatoms. The van der Waals surface area contributed by atoms with Gasteiger partial charge in [0.15, 0.2) is 0 Å². The van der Waals surface area contributed by atoms with Crippen LogP contribution in [0, 0.1) is 11.7 Å². The highest BCUT2D eigenvalue weighted by Crippen LogP contribution is 2.21. The van der Waals surface area contributed by atoms with Crippen LogP contribution in [0.3, 0.4) is 0 Å². The lowest BCUT2D eigenvalue weighted by Gasteiger charge is -2.18. The molecular weight excluding hydrogens is 247 g/mol. The molecule has 4 nitrogen and oxygen atoms in total. The van der Waals surface area contributed by atoms with Crippen LogP contribution in [0.5, 0.6) is 0 Å². The number of aliphatic hydroxyl groups is 2. The third-order valence-corrected chi connectivity index (χ3v) is 3.72. The van der Waals surface area contributed by atoms with E-state index in [1.807, 2.05) is 0 Å². The lowest BCUT2D eigenvalue weighted by Crippen LogP contribution is -2.23. The first-order chi connectivity index (χ1) is 9.19. The molecule has 0 bridgehead atoms. The van der Waals surface area contributed by atoms with E-state index in [0.29, 0.717) is 18.0 Å². The summed E-state index contributed by atoms with van der Waals surface area (Å²) in [5.41, 5.74) is 0.521. The quantitative estimate of drug-likeness (QED) is 0.817. The fourth-order valence-electron chi connectivity index (χ4n) is 2.57. The van der Waals surface area contributed by atoms with Gasteiger partial charge < -0.3 is 15.1 Å². The van der Waals surface area contributed by atoms with Crippen molar-refractivity contribution < 1.29 is 14.6 Å². The highest BCUT2D eigenvalue weighted by Gasteiger charge is 2.22. The second-order valence-corrected chi connectivity index (χ2v) is 5.17. The molecule has 0 aliphatic carbocycles. The topological polar surface area (TPSA) is 56.6 Å². The summed E-state index contributed by atoms with van der Waals surface area (Å²) in [7, 11) is 0. The molecular formula is C14H21FN2O2. The number of halogens is 1. The van der Waals surface area contributed by atoms with E-state index >= 15 is 0 Å². The lowest BCUT2D eigenvalue weighted by molar-refractivity contribution is 0.143. The van der Waals surface area contributed by atoms with Crippen molar-refractivity contribution in [2.24, 2.45) is 5.92 Å². The maximum atomic E-state index is 12.7. The van der Waals surface area contributed by atoms with Gasteiger partial charge in [-0.25, -0.2) is 4.39 Å². The van der Waals surface area contributed by atoms with Crippen molar-refractivity contribution in [1.82, 2.24) is 9.88 Å². The Morgan fingerprint density at radius 3 is 3.00 bits per heavy atom. The minimum absolute atomic E-state index is 0.251. The van der Waals surface area contributed by atoms with Crippen LogP contribution in [-0.2, 0) is 0 Å². The van der Waals surface area contributed by atoms with Crippen LogP contribution >= 0.6 is 0 Å². The average molecular weight is 268 g/mol. The standard InChI is InChI=1S/C14H21FN2O2/c15-12-1-2-13(16-9-12)14(19)4-7-17-6-3-11(10-17)5-8-18/h1-2,9,11,14,18-19H,3-8,10H2. The first-order valence-corrected chi connectivity index (χ1v) is 6.81. The summed E-state index contributed by atoms with van der Waals surface area (Å²) in [6.07, 6.45) is 3.07. The van der Waals surface area contributed by atoms with Gasteiger partial charge in [-0.2, -0.15) is 0 Å². The van der Waals surface area contributed by atoms with E-state index in [2.05, 4.69) is 9.88 Å². The molecule has 2 N–H and O–H groups in total. The summed E-state index contributed by atoms with van der Waals surface area (Å²) in [6.45, 7) is 3.07. The molecule has 2 heterocycles. The van der Waals surface area contributed by atoms with Gasteiger partial charge in [0.05, 0.1) is 18.0 Å². The van der Waals surface area contributed by atoms with Gasteiger partial charge in [0.1, 0.15) is 5.82 Å². The van der Waals surface area contributed by atoms with Crippen LogP contribution in [0.4, 0.5) is 4.39 Å². The predicted molar refractivity (Wildman–Crippen MR) is 70.0 cm³/mol. The highest BCUT2D eigenvalue weighted by molar-refractivity contribution is 5.07. The Morgan fingerprint density at radius 1 is 1.47 bits per heavy atom. The zero-order chi connectivity index (χ0) is 13.7. The monoisotopic (exact) mass is 268 g/mol. The molecule has 0 aromatic carbocycles. The smallest absolute Gasteiger partial charge is 0.141 e. The van der Waals surface area contributed by atoms with Crippen molar-refractivity contribution in [3.05, 3.63) is 29.8 Å². The Labute approximate surface area is 112 Å². The van der Waals surface area contributed by atoms with Crippen molar-refractivity contribution in [2.45, 2.75) is 25.4 Å². The maximum Gasteiger partial charge on any atom is 0.141 e. The molecule has 2 unspecified atom stereocenters. The molecule has 1 fully saturated rings. The Balaban J connectivity index is 1.75. The molecule has 1 aliphatic rings. The van der Waals surface area contributed by atoms with Gasteiger partial charge >= 0.3 is 0 Å². The van der Waals surface area contributed by atoms with E-state index in [0.717, 1.165) is 38.7 Å². The van der Waals surface area contributed by atoms with E-state index < -0.39 is 6.10 Å². The van der Waals surface area contributed by atoms with Crippen LogP contribution < -0.4 is 0 Å². The third-order valence-electron chi connectivity index (χ3n) is 3.72. The number of rotatable bonds is 6. The van der Waals surface area contributed by atoms with Crippen molar-refractivity contribution in [1.29, 1.82) is 0 Å². The Bertz CT molecular complexity index is 386. The molecule has 2 atom stereocenters. The fourth-order valence-corrected chi connectivity index (χ4v) is 2.57. The van der Waals surface area contributed by atoms with Gasteiger partial charge in [-0.05, 0) is 43.9 Å². The van der Waals surface area contributed by atoms with E-state index in [1.165, 1.54) is 12.1 Å². The Hall–Kier alpha value is -1.04. The van der Waals surface area contributed by atoms with E-state index in [4.69, 9.17) is 5.11 Å². The summed E-state index contributed by atoms with van der Waals surface area (Å²) < 4.78 is 12.7. The molecule has 0 saturated carbocycles. The SMILES string of the molecule is OCCC1CCN(CCC(O)c2ccc(F)cn2)C1. The summed E-state index contributed by atoms with van der Waals surface area (Å²) >= 11 is 0. The van der Waals surface area contributed by atoms with Crippen LogP contribution in [0.15, 0.2) is 18.3 Å². The number of hydrogen-bond acceptors (Lipinski definition) is 4. The average Bonchev–Trinajstić information content (AvgIpc) is 2.85. The van der Waals surface area contributed by atoms with Gasteiger partial charge in [0.25, 0.3) is 0 Å². The third kappa shape index (κ3) is 4.23. The van der Waals surface area contributed by atoms with Crippen molar-refractivity contribution in [3.8, 4) is 0 Å². The number of nitrogens with zero attached hydrogens (tertiary/aromatic N) is 2. The number of aromatic nitrogens is 1. The minimum Gasteiger partial charge on any atom is -0.396 e. The first kappa shape index (κ1) is 14.4. The molecule has 1 saturated heterocycles. The molecule has 0 amide bonds. The second kappa shape index (κ2) is 6.93. The van der Waals surface area contributed by atoms with Gasteiger partial charge in [-0.15, -0.1) is 0 Å². The van der Waals surface area contributed by atoms with Crippen LogP contribution in [0.25, 0.3) is 0 Å². The van der Waals surface area contributed by atoms with E-state index in [9.17, 15) is 9.50 Å². The van der Waals surface area contributed by atoms with Crippen molar-refractivity contribution in [3.63, 3.8) is 0 Å². The number of likely N-dealkylation sites (tertiary alicyclic amines) is 1. The highest BCUT2D eigenvalue weighted by atomic mass is 19.1. The molecule has 0 spiro atoms. The molecule has 1 aromatic heterocycles. The van der Waals surface area contributed by atoms with Crippen molar-refractivity contribution in [2.75, 3.05) is 26.2 Å². The second-order valence-electron chi connectivity index (χ2n) is 5.17. The lowest BCUT2D eigenvalue weighted by atomic mass is 10.1. The zero-order valence-corrected chi connectivity index (χ0v) is 11.0. The van der Waals surface area contributed by atoms with Gasteiger partial charge in [0, 0.05) is 19.7 Å². The van der Waals surface area contributed by atoms with E-state index in [1.54, 1.807) is 0 Å². The Morgan fingerprint density at radius 2 is 2.32 bits per heavy atom. The van der Waals surface area contributed by atoms with Crippen LogP contribution in [0.1, 0.15) is 31.1 Å². The van der Waals surface area contributed by atoms with Crippen LogP contribution in [-0.4, -0.2) is 46.3 Å². The maximum absolute atomic E-state index is 12.7. The summed E-state index contributed by atoms with van der Waals surface area (Å²) in [6, 6.07) is 2.84. The molecule has 2 rings (SSSR count). The normalized spacial score (nSPS) is 21.7. The van der Waals surface area contributed by atoms with E-state index in [-0.39, 0.29) is 12.4 Å².